The molecule has 0 aliphatic carbocycles. The first-order valence-corrected chi connectivity index (χ1v) is 7.49. The second kappa shape index (κ2) is 6.14. The molecule has 1 aromatic rings. The lowest BCUT2D eigenvalue weighted by Crippen LogP contribution is -2.45. The van der Waals surface area contributed by atoms with Gasteiger partial charge in [0.1, 0.15) is 5.60 Å². The summed E-state index contributed by atoms with van der Waals surface area (Å²) in [7, 11) is 0. The number of morpholine rings is 1. The molecule has 0 bridgehead atoms. The third kappa shape index (κ3) is 3.96. The standard InChI is InChI=1S/C15H20BrNO3/c1-15(2,3)20-14(18)17-8-9-19-10-13(17)11-4-6-12(16)7-5-11/h4-7,13H,8-10H2,1-3H3. The van der Waals surface area contributed by atoms with Crippen molar-refractivity contribution in [3.63, 3.8) is 0 Å². The van der Waals surface area contributed by atoms with Crippen molar-refractivity contribution in [1.82, 2.24) is 4.90 Å². The van der Waals surface area contributed by atoms with E-state index in [0.29, 0.717) is 19.8 Å². The Morgan fingerprint density at radius 2 is 2.00 bits per heavy atom. The largest absolute Gasteiger partial charge is 0.444 e. The van der Waals surface area contributed by atoms with Crippen molar-refractivity contribution in [2.45, 2.75) is 32.4 Å². The molecule has 1 heterocycles. The van der Waals surface area contributed by atoms with Crippen LogP contribution in [0.15, 0.2) is 28.7 Å². The fourth-order valence-electron chi connectivity index (χ4n) is 2.10. The number of hydrogen-bond donors (Lipinski definition) is 0. The number of carbonyl (C=O) groups is 1. The summed E-state index contributed by atoms with van der Waals surface area (Å²) in [5, 5.41) is 0. The van der Waals surface area contributed by atoms with E-state index >= 15 is 0 Å². The molecular weight excluding hydrogens is 322 g/mol. The minimum atomic E-state index is -0.486. The zero-order valence-corrected chi connectivity index (χ0v) is 13.6. The molecule has 1 aliphatic rings. The van der Waals surface area contributed by atoms with Crippen molar-refractivity contribution in [1.29, 1.82) is 0 Å². The Bertz CT molecular complexity index is 467. The second-order valence-electron chi connectivity index (χ2n) is 5.82. The van der Waals surface area contributed by atoms with Gasteiger partial charge in [0.15, 0.2) is 0 Å². The van der Waals surface area contributed by atoms with E-state index in [2.05, 4.69) is 15.9 Å². The van der Waals surface area contributed by atoms with E-state index in [1.807, 2.05) is 45.0 Å². The molecule has 0 spiro atoms. The lowest BCUT2D eigenvalue weighted by atomic mass is 10.1. The number of ether oxygens (including phenoxy) is 2. The molecule has 1 fully saturated rings. The summed E-state index contributed by atoms with van der Waals surface area (Å²) < 4.78 is 12.0. The highest BCUT2D eigenvalue weighted by atomic mass is 79.9. The number of rotatable bonds is 1. The van der Waals surface area contributed by atoms with Gasteiger partial charge >= 0.3 is 6.09 Å². The maximum absolute atomic E-state index is 12.3. The van der Waals surface area contributed by atoms with E-state index in [4.69, 9.17) is 9.47 Å². The summed E-state index contributed by atoms with van der Waals surface area (Å²) in [4.78, 5) is 14.1. The number of benzene rings is 1. The summed E-state index contributed by atoms with van der Waals surface area (Å²) >= 11 is 3.42. The minimum absolute atomic E-state index is 0.0910. The Morgan fingerprint density at radius 3 is 2.60 bits per heavy atom. The van der Waals surface area contributed by atoms with Crippen molar-refractivity contribution in [2.75, 3.05) is 19.8 Å². The molecule has 1 aromatic carbocycles. The van der Waals surface area contributed by atoms with Crippen molar-refractivity contribution in [3.8, 4) is 0 Å². The first-order chi connectivity index (χ1) is 9.37. The van der Waals surface area contributed by atoms with Crippen molar-refractivity contribution >= 4 is 22.0 Å². The molecular formula is C15H20BrNO3. The predicted octanol–water partition coefficient (Wildman–Crippen LogP) is 3.76. The summed E-state index contributed by atoms with van der Waals surface area (Å²) in [6, 6.07) is 7.85. The van der Waals surface area contributed by atoms with Gasteiger partial charge in [0.25, 0.3) is 0 Å². The SMILES string of the molecule is CC(C)(C)OC(=O)N1CCOCC1c1ccc(Br)cc1. The van der Waals surface area contributed by atoms with Crippen LogP contribution in [0.5, 0.6) is 0 Å². The summed E-state index contributed by atoms with van der Waals surface area (Å²) in [6.45, 7) is 7.22. The molecule has 5 heteroatoms. The Labute approximate surface area is 128 Å². The van der Waals surface area contributed by atoms with Crippen LogP contribution in [-0.4, -0.2) is 36.4 Å². The lowest BCUT2D eigenvalue weighted by molar-refractivity contribution is -0.0331. The van der Waals surface area contributed by atoms with Gasteiger partial charge in [0, 0.05) is 11.0 Å². The Balaban J connectivity index is 2.16. The van der Waals surface area contributed by atoms with Gasteiger partial charge in [-0.1, -0.05) is 28.1 Å². The molecule has 0 saturated carbocycles. The van der Waals surface area contributed by atoms with Crippen LogP contribution in [0.4, 0.5) is 4.79 Å². The number of amides is 1. The first-order valence-electron chi connectivity index (χ1n) is 6.70. The van der Waals surface area contributed by atoms with Crippen molar-refractivity contribution in [2.24, 2.45) is 0 Å². The van der Waals surface area contributed by atoms with Crippen LogP contribution >= 0.6 is 15.9 Å². The zero-order valence-electron chi connectivity index (χ0n) is 12.1. The number of hydrogen-bond acceptors (Lipinski definition) is 3. The van der Waals surface area contributed by atoms with E-state index in [1.54, 1.807) is 4.90 Å². The number of carbonyl (C=O) groups excluding carboxylic acids is 1. The van der Waals surface area contributed by atoms with Crippen LogP contribution < -0.4 is 0 Å². The van der Waals surface area contributed by atoms with Gasteiger partial charge < -0.3 is 9.47 Å². The molecule has 0 radical (unpaired) electrons. The van der Waals surface area contributed by atoms with Crippen LogP contribution in [0.1, 0.15) is 32.4 Å². The molecule has 1 atom stereocenters. The molecule has 1 saturated heterocycles. The van der Waals surface area contributed by atoms with Crippen LogP contribution in [0.3, 0.4) is 0 Å². The van der Waals surface area contributed by atoms with Gasteiger partial charge in [-0.3, -0.25) is 4.90 Å². The van der Waals surface area contributed by atoms with Gasteiger partial charge in [-0.25, -0.2) is 4.79 Å². The number of nitrogens with zero attached hydrogens (tertiary/aromatic N) is 1. The second-order valence-corrected chi connectivity index (χ2v) is 6.73. The fourth-order valence-corrected chi connectivity index (χ4v) is 2.37. The quantitative estimate of drug-likeness (QED) is 0.780. The van der Waals surface area contributed by atoms with Gasteiger partial charge in [-0.2, -0.15) is 0 Å². The van der Waals surface area contributed by atoms with Crippen LogP contribution in [0, 0.1) is 0 Å². The topological polar surface area (TPSA) is 38.8 Å². The van der Waals surface area contributed by atoms with E-state index < -0.39 is 5.60 Å². The van der Waals surface area contributed by atoms with Gasteiger partial charge in [0.05, 0.1) is 19.3 Å². The maximum atomic E-state index is 12.3. The van der Waals surface area contributed by atoms with Gasteiger partial charge in [0.2, 0.25) is 0 Å². The highest BCUT2D eigenvalue weighted by molar-refractivity contribution is 9.10. The maximum Gasteiger partial charge on any atom is 0.410 e. The molecule has 4 nitrogen and oxygen atoms in total. The van der Waals surface area contributed by atoms with Crippen LogP contribution in [0.25, 0.3) is 0 Å². The van der Waals surface area contributed by atoms with E-state index in [-0.39, 0.29) is 12.1 Å². The zero-order chi connectivity index (χ0) is 14.8. The minimum Gasteiger partial charge on any atom is -0.444 e. The van der Waals surface area contributed by atoms with E-state index in [1.165, 1.54) is 0 Å². The molecule has 0 aromatic heterocycles. The summed E-state index contributed by atoms with van der Waals surface area (Å²) in [6.07, 6.45) is -0.284. The molecule has 2 rings (SSSR count). The Kier molecular flexibility index (Phi) is 4.70. The monoisotopic (exact) mass is 341 g/mol. The van der Waals surface area contributed by atoms with E-state index in [9.17, 15) is 4.79 Å². The number of halogens is 1. The highest BCUT2D eigenvalue weighted by Crippen LogP contribution is 2.27. The Hall–Kier alpha value is -1.07. The van der Waals surface area contributed by atoms with Gasteiger partial charge in [-0.15, -0.1) is 0 Å². The molecule has 1 aliphatic heterocycles. The molecule has 1 unspecified atom stereocenters. The predicted molar refractivity (Wildman–Crippen MR) is 80.6 cm³/mol. The van der Waals surface area contributed by atoms with Crippen molar-refractivity contribution < 1.29 is 14.3 Å². The van der Waals surface area contributed by atoms with Crippen molar-refractivity contribution in [3.05, 3.63) is 34.3 Å². The Morgan fingerprint density at radius 1 is 1.35 bits per heavy atom. The first kappa shape index (κ1) is 15.3. The summed E-state index contributed by atoms with van der Waals surface area (Å²) in [5.41, 5.74) is 0.568. The summed E-state index contributed by atoms with van der Waals surface area (Å²) in [5.74, 6) is 0. The van der Waals surface area contributed by atoms with Crippen LogP contribution in [0.2, 0.25) is 0 Å². The molecule has 110 valence electrons. The third-order valence-corrected chi connectivity index (χ3v) is 3.54. The lowest BCUT2D eigenvalue weighted by Gasteiger charge is -2.36. The highest BCUT2D eigenvalue weighted by Gasteiger charge is 2.31. The smallest absolute Gasteiger partial charge is 0.410 e. The average Bonchev–Trinajstić information content (AvgIpc) is 2.38. The van der Waals surface area contributed by atoms with Gasteiger partial charge in [-0.05, 0) is 38.5 Å². The fraction of sp³-hybridized carbons (Fsp3) is 0.533. The average molecular weight is 342 g/mol. The molecule has 0 N–H and O–H groups in total. The molecule has 1 amide bonds. The normalized spacial score (nSPS) is 19.8. The molecule has 20 heavy (non-hydrogen) atoms. The van der Waals surface area contributed by atoms with E-state index in [0.717, 1.165) is 10.0 Å². The van der Waals surface area contributed by atoms with Crippen LogP contribution in [-0.2, 0) is 9.47 Å². The third-order valence-electron chi connectivity index (χ3n) is 3.01.